The van der Waals surface area contributed by atoms with Gasteiger partial charge in [0.1, 0.15) is 0 Å². The van der Waals surface area contributed by atoms with E-state index < -0.39 is 0 Å². The lowest BCUT2D eigenvalue weighted by Crippen LogP contribution is -2.10. The van der Waals surface area contributed by atoms with E-state index >= 15 is 0 Å². The van der Waals surface area contributed by atoms with Crippen LogP contribution in [0.3, 0.4) is 0 Å². The van der Waals surface area contributed by atoms with E-state index in [1.54, 1.807) is 0 Å². The van der Waals surface area contributed by atoms with Gasteiger partial charge in [0.25, 0.3) is 0 Å². The number of benzene rings is 8. The molecule has 10 aromatic rings. The van der Waals surface area contributed by atoms with E-state index in [-0.39, 0.29) is 0 Å². The average molecular weight is 653 g/mol. The summed E-state index contributed by atoms with van der Waals surface area (Å²) in [6.07, 6.45) is 0. The van der Waals surface area contributed by atoms with Crippen molar-refractivity contribution in [3.8, 4) is 27.9 Å². The molecular formula is C47H32N4. The Morgan fingerprint density at radius 1 is 0.373 bits per heavy atom. The van der Waals surface area contributed by atoms with Crippen molar-refractivity contribution in [1.29, 1.82) is 0 Å². The first kappa shape index (κ1) is 29.0. The number of hydrogen-bond donors (Lipinski definition) is 0. The molecule has 0 fully saturated rings. The molecule has 0 bridgehead atoms. The lowest BCUT2D eigenvalue weighted by Gasteiger charge is -2.26. The van der Waals surface area contributed by atoms with Gasteiger partial charge >= 0.3 is 0 Å². The molecule has 4 nitrogen and oxygen atoms in total. The fourth-order valence-electron chi connectivity index (χ4n) is 7.41. The van der Waals surface area contributed by atoms with E-state index in [1.165, 1.54) is 33.0 Å². The molecule has 51 heavy (non-hydrogen) atoms. The Balaban J connectivity index is 1.18. The van der Waals surface area contributed by atoms with Gasteiger partial charge < -0.3 is 4.90 Å². The quantitative estimate of drug-likeness (QED) is 0.179. The number of rotatable bonds is 6. The predicted octanol–water partition coefficient (Wildman–Crippen LogP) is 12.4. The summed E-state index contributed by atoms with van der Waals surface area (Å²) in [5.41, 5.74) is 13.4. The van der Waals surface area contributed by atoms with Crippen molar-refractivity contribution >= 4 is 55.7 Å². The number of fused-ring (bicyclic) bond motifs is 6. The summed E-state index contributed by atoms with van der Waals surface area (Å²) >= 11 is 0. The molecular weight excluding hydrogens is 621 g/mol. The second kappa shape index (κ2) is 11.9. The smallest absolute Gasteiger partial charge is 0.220 e. The van der Waals surface area contributed by atoms with Gasteiger partial charge in [-0.1, -0.05) is 127 Å². The van der Waals surface area contributed by atoms with Gasteiger partial charge in [-0.15, -0.1) is 0 Å². The van der Waals surface area contributed by atoms with Crippen LogP contribution in [0.15, 0.2) is 194 Å². The summed E-state index contributed by atoms with van der Waals surface area (Å²) in [5.74, 6) is 0.893. The van der Waals surface area contributed by atoms with E-state index in [0.717, 1.165) is 50.6 Å². The van der Waals surface area contributed by atoms with Crippen molar-refractivity contribution in [3.05, 3.63) is 194 Å². The number of aromatic nitrogens is 3. The molecule has 0 aliphatic rings. The van der Waals surface area contributed by atoms with Gasteiger partial charge in [0.2, 0.25) is 5.78 Å². The Kier molecular flexibility index (Phi) is 6.78. The van der Waals surface area contributed by atoms with Gasteiger partial charge in [-0.25, -0.2) is 4.98 Å². The average Bonchev–Trinajstić information content (AvgIpc) is 3.72. The van der Waals surface area contributed by atoms with Crippen LogP contribution in [0.1, 0.15) is 0 Å². The minimum absolute atomic E-state index is 0.893. The van der Waals surface area contributed by atoms with Crippen LogP contribution < -0.4 is 4.90 Å². The number of hydrogen-bond acceptors (Lipinski definition) is 2. The molecule has 0 saturated heterocycles. The van der Waals surface area contributed by atoms with Crippen molar-refractivity contribution in [1.82, 2.24) is 14.0 Å². The van der Waals surface area contributed by atoms with Crippen LogP contribution in [0.5, 0.6) is 0 Å². The molecule has 0 unspecified atom stereocenters. The Morgan fingerprint density at radius 2 is 0.843 bits per heavy atom. The Bertz CT molecular complexity index is 2730. The number of nitrogens with zero attached hydrogens (tertiary/aromatic N) is 4. The highest BCUT2D eigenvalue weighted by Gasteiger charge is 2.20. The highest BCUT2D eigenvalue weighted by Crippen LogP contribution is 2.39. The maximum atomic E-state index is 5.26. The second-order valence-electron chi connectivity index (χ2n) is 12.9. The Labute approximate surface area is 295 Å². The van der Waals surface area contributed by atoms with E-state index in [4.69, 9.17) is 4.98 Å². The lowest BCUT2D eigenvalue weighted by molar-refractivity contribution is 1.11. The third kappa shape index (κ3) is 4.96. The summed E-state index contributed by atoms with van der Waals surface area (Å²) in [4.78, 5) is 7.60. The summed E-state index contributed by atoms with van der Waals surface area (Å²) < 4.78 is 4.60. The molecule has 0 atom stereocenters. The van der Waals surface area contributed by atoms with E-state index in [0.29, 0.717) is 0 Å². The topological polar surface area (TPSA) is 25.5 Å². The largest absolute Gasteiger partial charge is 0.310 e. The summed E-state index contributed by atoms with van der Waals surface area (Å²) in [5, 5.41) is 2.41. The molecule has 0 aliphatic carbocycles. The molecule has 0 N–H and O–H groups in total. The van der Waals surface area contributed by atoms with Gasteiger partial charge in [-0.2, -0.15) is 0 Å². The molecule has 240 valence electrons. The van der Waals surface area contributed by atoms with Crippen molar-refractivity contribution < 1.29 is 0 Å². The van der Waals surface area contributed by atoms with E-state index in [2.05, 4.69) is 208 Å². The maximum Gasteiger partial charge on any atom is 0.220 e. The number of anilines is 3. The van der Waals surface area contributed by atoms with Crippen molar-refractivity contribution in [2.75, 3.05) is 4.90 Å². The molecule has 8 aromatic carbocycles. The lowest BCUT2D eigenvalue weighted by atomic mass is 10.0. The molecule has 2 heterocycles. The molecule has 10 rings (SSSR count). The Morgan fingerprint density at radius 3 is 1.41 bits per heavy atom. The standard InChI is InChI=1S/C47H32N4/c1-4-12-33(13-5-1)35-20-24-40(25-21-35)49(41-26-22-36(23-27-41)34-14-6-2-7-15-34)42-28-29-43-44(32-42)51-46-31-38-17-11-10-16-37(38)30-45(46)50(47(51)48-43)39-18-8-3-9-19-39/h1-32H. The molecule has 0 saturated carbocycles. The highest BCUT2D eigenvalue weighted by atomic mass is 15.2. The van der Waals surface area contributed by atoms with Crippen molar-refractivity contribution in [3.63, 3.8) is 0 Å². The van der Waals surface area contributed by atoms with Crippen LogP contribution in [-0.2, 0) is 0 Å². The van der Waals surface area contributed by atoms with Crippen LogP contribution in [0.25, 0.3) is 66.6 Å². The minimum Gasteiger partial charge on any atom is -0.310 e. The number of para-hydroxylation sites is 1. The van der Waals surface area contributed by atoms with E-state index in [9.17, 15) is 0 Å². The fraction of sp³-hybridized carbons (Fsp3) is 0. The summed E-state index contributed by atoms with van der Waals surface area (Å²) in [7, 11) is 0. The molecule has 0 radical (unpaired) electrons. The van der Waals surface area contributed by atoms with Crippen LogP contribution in [-0.4, -0.2) is 14.0 Å². The van der Waals surface area contributed by atoms with E-state index in [1.807, 2.05) is 0 Å². The molecule has 4 heteroatoms. The van der Waals surface area contributed by atoms with Gasteiger partial charge in [0.15, 0.2) is 0 Å². The van der Waals surface area contributed by atoms with Crippen LogP contribution in [0.2, 0.25) is 0 Å². The number of imidazole rings is 2. The zero-order valence-corrected chi connectivity index (χ0v) is 27.8. The van der Waals surface area contributed by atoms with Crippen molar-refractivity contribution in [2.45, 2.75) is 0 Å². The summed E-state index contributed by atoms with van der Waals surface area (Å²) in [6, 6.07) is 69.1. The van der Waals surface area contributed by atoms with Crippen LogP contribution in [0, 0.1) is 0 Å². The maximum absolute atomic E-state index is 5.26. The first-order chi connectivity index (χ1) is 25.3. The van der Waals surface area contributed by atoms with Crippen LogP contribution in [0.4, 0.5) is 17.1 Å². The van der Waals surface area contributed by atoms with Crippen LogP contribution >= 0.6 is 0 Å². The van der Waals surface area contributed by atoms with Gasteiger partial charge in [0, 0.05) is 22.7 Å². The second-order valence-corrected chi connectivity index (χ2v) is 12.9. The first-order valence-corrected chi connectivity index (χ1v) is 17.3. The van der Waals surface area contributed by atoms with Gasteiger partial charge in [-0.05, 0) is 99.8 Å². The van der Waals surface area contributed by atoms with Gasteiger partial charge in [-0.3, -0.25) is 8.97 Å². The zero-order valence-electron chi connectivity index (χ0n) is 27.8. The Hall–Kier alpha value is -6.91. The molecule has 0 spiro atoms. The fourth-order valence-corrected chi connectivity index (χ4v) is 7.41. The third-order valence-electron chi connectivity index (χ3n) is 9.88. The van der Waals surface area contributed by atoms with Gasteiger partial charge in [0.05, 0.1) is 22.1 Å². The SMILES string of the molecule is c1ccc(-c2ccc(N(c3ccc(-c4ccccc4)cc3)c3ccc4nc5n(-c6ccccc6)c6cc7ccccc7cc6n5c4c3)cc2)cc1. The monoisotopic (exact) mass is 652 g/mol. The highest BCUT2D eigenvalue weighted by molar-refractivity contribution is 6.01. The first-order valence-electron chi connectivity index (χ1n) is 17.3. The van der Waals surface area contributed by atoms with Crippen molar-refractivity contribution in [2.24, 2.45) is 0 Å². The normalized spacial score (nSPS) is 11.5. The molecule has 2 aromatic heterocycles. The molecule has 0 aliphatic heterocycles. The third-order valence-corrected chi connectivity index (χ3v) is 9.88. The molecule has 0 amide bonds. The predicted molar refractivity (Wildman–Crippen MR) is 213 cm³/mol. The zero-order chi connectivity index (χ0) is 33.7. The summed E-state index contributed by atoms with van der Waals surface area (Å²) in [6.45, 7) is 0. The minimum atomic E-state index is 0.893.